The fraction of sp³-hybridized carbons (Fsp3) is 0.368. The number of nitrogens with one attached hydrogen (secondary N) is 1. The number of rotatable bonds is 4. The summed E-state index contributed by atoms with van der Waals surface area (Å²) in [6.07, 6.45) is 0.467. The van der Waals surface area contributed by atoms with E-state index >= 15 is 0 Å². The smallest absolute Gasteiger partial charge is 0.240 e. The minimum atomic E-state index is -3.72. The van der Waals surface area contributed by atoms with Gasteiger partial charge in [-0.25, -0.2) is 13.1 Å². The lowest BCUT2D eigenvalue weighted by Crippen LogP contribution is -2.59. The van der Waals surface area contributed by atoms with E-state index in [4.69, 9.17) is 0 Å². The summed E-state index contributed by atoms with van der Waals surface area (Å²) in [4.78, 5) is 2.24. The van der Waals surface area contributed by atoms with Crippen molar-refractivity contribution in [3.8, 4) is 0 Å². The van der Waals surface area contributed by atoms with Gasteiger partial charge in [0.1, 0.15) is 5.60 Å². The summed E-state index contributed by atoms with van der Waals surface area (Å²) in [5.41, 5.74) is 0.503. The predicted octanol–water partition coefficient (Wildman–Crippen LogP) is 1.87. The molecule has 1 aliphatic rings. The lowest BCUT2D eigenvalue weighted by Gasteiger charge is -2.44. The van der Waals surface area contributed by atoms with Crippen molar-refractivity contribution >= 4 is 10.0 Å². The van der Waals surface area contributed by atoms with Crippen molar-refractivity contribution in [3.63, 3.8) is 0 Å². The fourth-order valence-electron chi connectivity index (χ4n) is 3.27. The van der Waals surface area contributed by atoms with E-state index < -0.39 is 21.7 Å². The van der Waals surface area contributed by atoms with Gasteiger partial charge >= 0.3 is 0 Å². The van der Waals surface area contributed by atoms with Crippen LogP contribution in [-0.4, -0.2) is 44.6 Å². The van der Waals surface area contributed by atoms with Gasteiger partial charge in [0.2, 0.25) is 10.0 Å². The second-order valence-corrected chi connectivity index (χ2v) is 8.50. The van der Waals surface area contributed by atoms with Crippen molar-refractivity contribution in [2.75, 3.05) is 20.1 Å². The van der Waals surface area contributed by atoms with Crippen LogP contribution in [0.5, 0.6) is 0 Å². The Bertz CT molecular complexity index is 822. The molecule has 0 saturated carbocycles. The van der Waals surface area contributed by atoms with Crippen LogP contribution in [0, 0.1) is 6.92 Å². The number of piperidine rings is 1. The van der Waals surface area contributed by atoms with Crippen molar-refractivity contribution in [1.29, 1.82) is 0 Å². The number of hydrogen-bond donors (Lipinski definition) is 2. The Labute approximate surface area is 149 Å². The molecule has 0 spiro atoms. The highest BCUT2D eigenvalue weighted by atomic mass is 32.2. The third-order valence-electron chi connectivity index (χ3n) is 4.85. The van der Waals surface area contributed by atoms with Crippen LogP contribution in [0.3, 0.4) is 0 Å². The Hall–Kier alpha value is -1.73. The molecule has 1 heterocycles. The molecule has 0 aromatic heterocycles. The minimum absolute atomic E-state index is 0.210. The number of nitrogens with zero attached hydrogens (tertiary/aromatic N) is 1. The van der Waals surface area contributed by atoms with Gasteiger partial charge in [-0.05, 0) is 38.1 Å². The summed E-state index contributed by atoms with van der Waals surface area (Å²) < 4.78 is 28.3. The van der Waals surface area contributed by atoms with Crippen LogP contribution < -0.4 is 4.72 Å². The third kappa shape index (κ3) is 3.77. The van der Waals surface area contributed by atoms with Gasteiger partial charge in [0.25, 0.3) is 0 Å². The van der Waals surface area contributed by atoms with Crippen LogP contribution in [0.1, 0.15) is 17.5 Å². The standard InChI is InChI=1S/C19H24N2O3S/c1-15-8-10-17(11-9-15)25(23,24)20-18-14-21(2)13-12-19(18,22)16-6-4-3-5-7-16/h3-11,18,20,22H,12-14H2,1-2H3. The van der Waals surface area contributed by atoms with Crippen LogP contribution in [0.15, 0.2) is 59.5 Å². The lowest BCUT2D eigenvalue weighted by molar-refractivity contribution is -0.0440. The van der Waals surface area contributed by atoms with Gasteiger partial charge < -0.3 is 10.0 Å². The maximum Gasteiger partial charge on any atom is 0.240 e. The highest BCUT2D eigenvalue weighted by Gasteiger charge is 2.44. The Balaban J connectivity index is 1.93. The molecule has 0 radical (unpaired) electrons. The molecule has 5 nitrogen and oxygen atoms in total. The Kier molecular flexibility index (Phi) is 4.97. The first-order chi connectivity index (χ1) is 11.8. The normalized spacial score (nSPS) is 25.0. The van der Waals surface area contributed by atoms with E-state index in [2.05, 4.69) is 4.72 Å². The van der Waals surface area contributed by atoms with Crippen LogP contribution in [0.4, 0.5) is 0 Å². The maximum atomic E-state index is 12.8. The van der Waals surface area contributed by atoms with E-state index in [-0.39, 0.29) is 4.90 Å². The zero-order chi connectivity index (χ0) is 18.1. The summed E-state index contributed by atoms with van der Waals surface area (Å²) in [6.45, 7) is 3.05. The van der Waals surface area contributed by atoms with Gasteiger partial charge in [-0.15, -0.1) is 0 Å². The first-order valence-corrected chi connectivity index (χ1v) is 9.85. The second-order valence-electron chi connectivity index (χ2n) is 6.79. The summed E-state index contributed by atoms with van der Waals surface area (Å²) in [7, 11) is -1.79. The number of aliphatic hydroxyl groups is 1. The third-order valence-corrected chi connectivity index (χ3v) is 6.34. The van der Waals surface area contributed by atoms with Crippen molar-refractivity contribution in [2.45, 2.75) is 29.9 Å². The van der Waals surface area contributed by atoms with E-state index in [0.29, 0.717) is 19.5 Å². The van der Waals surface area contributed by atoms with Gasteiger partial charge in [-0.1, -0.05) is 48.0 Å². The second kappa shape index (κ2) is 6.88. The zero-order valence-corrected chi connectivity index (χ0v) is 15.3. The first kappa shape index (κ1) is 18.1. The largest absolute Gasteiger partial charge is 0.383 e. The van der Waals surface area contributed by atoms with E-state index in [1.54, 1.807) is 24.3 Å². The molecular weight excluding hydrogens is 336 g/mol. The first-order valence-electron chi connectivity index (χ1n) is 8.37. The van der Waals surface area contributed by atoms with Crippen molar-refractivity contribution in [2.24, 2.45) is 0 Å². The summed E-state index contributed by atoms with van der Waals surface area (Å²) in [5, 5.41) is 11.3. The Morgan fingerprint density at radius 3 is 2.40 bits per heavy atom. The monoisotopic (exact) mass is 360 g/mol. The molecule has 25 heavy (non-hydrogen) atoms. The molecule has 134 valence electrons. The van der Waals surface area contributed by atoms with Gasteiger partial charge in [-0.2, -0.15) is 0 Å². The number of sulfonamides is 1. The molecule has 6 heteroatoms. The van der Waals surface area contributed by atoms with Crippen LogP contribution in [0.2, 0.25) is 0 Å². The van der Waals surface area contributed by atoms with Crippen LogP contribution in [0.25, 0.3) is 0 Å². The van der Waals surface area contributed by atoms with E-state index in [0.717, 1.165) is 11.1 Å². The molecule has 1 saturated heterocycles. The SMILES string of the molecule is Cc1ccc(S(=O)(=O)NC2CN(C)CCC2(O)c2ccccc2)cc1. The van der Waals surface area contributed by atoms with E-state index in [9.17, 15) is 13.5 Å². The number of aryl methyl sites for hydroxylation is 1. The molecule has 3 rings (SSSR count). The maximum absolute atomic E-state index is 12.8. The zero-order valence-electron chi connectivity index (χ0n) is 14.5. The van der Waals surface area contributed by atoms with E-state index in [1.165, 1.54) is 0 Å². The molecule has 1 aliphatic heterocycles. The van der Waals surface area contributed by atoms with Crippen molar-refractivity contribution < 1.29 is 13.5 Å². The topological polar surface area (TPSA) is 69.6 Å². The van der Waals surface area contributed by atoms with Crippen molar-refractivity contribution in [3.05, 3.63) is 65.7 Å². The molecule has 2 atom stereocenters. The predicted molar refractivity (Wildman–Crippen MR) is 97.7 cm³/mol. The molecule has 0 aliphatic carbocycles. The average Bonchev–Trinajstić information content (AvgIpc) is 2.59. The molecule has 1 fully saturated rings. The number of benzene rings is 2. The van der Waals surface area contributed by atoms with Gasteiger partial charge in [0, 0.05) is 13.1 Å². The summed E-state index contributed by atoms with van der Waals surface area (Å²) in [5.74, 6) is 0. The lowest BCUT2D eigenvalue weighted by atomic mass is 9.81. The highest BCUT2D eigenvalue weighted by molar-refractivity contribution is 7.89. The molecule has 2 N–H and O–H groups in total. The molecule has 2 aromatic carbocycles. The van der Waals surface area contributed by atoms with Crippen LogP contribution in [-0.2, 0) is 15.6 Å². The van der Waals surface area contributed by atoms with Gasteiger partial charge in [0.15, 0.2) is 0 Å². The Morgan fingerprint density at radius 2 is 1.76 bits per heavy atom. The van der Waals surface area contributed by atoms with E-state index in [1.807, 2.05) is 49.2 Å². The number of likely N-dealkylation sites (tertiary alicyclic amines) is 1. The summed E-state index contributed by atoms with van der Waals surface area (Å²) >= 11 is 0. The molecular formula is C19H24N2O3S. The van der Waals surface area contributed by atoms with Crippen molar-refractivity contribution in [1.82, 2.24) is 9.62 Å². The number of likely N-dealkylation sites (N-methyl/N-ethyl adjacent to an activating group) is 1. The van der Waals surface area contributed by atoms with Gasteiger partial charge in [0.05, 0.1) is 10.9 Å². The fourth-order valence-corrected chi connectivity index (χ4v) is 4.54. The molecule has 0 bridgehead atoms. The average molecular weight is 360 g/mol. The molecule has 2 unspecified atom stereocenters. The van der Waals surface area contributed by atoms with Gasteiger partial charge in [-0.3, -0.25) is 0 Å². The number of hydrogen-bond acceptors (Lipinski definition) is 4. The Morgan fingerprint density at radius 1 is 1.12 bits per heavy atom. The highest BCUT2D eigenvalue weighted by Crippen LogP contribution is 2.33. The summed E-state index contributed by atoms with van der Waals surface area (Å²) in [6, 6.07) is 15.4. The molecule has 2 aromatic rings. The minimum Gasteiger partial charge on any atom is -0.383 e. The molecule has 0 amide bonds. The quantitative estimate of drug-likeness (QED) is 0.873. The van der Waals surface area contributed by atoms with Crippen LogP contribution >= 0.6 is 0 Å².